The molecule has 3 rings (SSSR count). The van der Waals surface area contributed by atoms with Crippen molar-refractivity contribution in [3.05, 3.63) is 64.2 Å². The molecule has 1 amide bonds. The smallest absolute Gasteiger partial charge is 0.335 e. The summed E-state index contributed by atoms with van der Waals surface area (Å²) in [5.74, 6) is -0.649. The van der Waals surface area contributed by atoms with E-state index in [1.807, 2.05) is 6.07 Å². The minimum Gasteiger partial charge on any atom is -0.479 e. The quantitative estimate of drug-likeness (QED) is 0.908. The van der Waals surface area contributed by atoms with Crippen LogP contribution in [0.4, 0.5) is 0 Å². The van der Waals surface area contributed by atoms with Gasteiger partial charge in [0.15, 0.2) is 6.10 Å². The zero-order valence-electron chi connectivity index (χ0n) is 13.7. The fourth-order valence-electron chi connectivity index (χ4n) is 2.92. The molecule has 25 heavy (non-hydrogen) atoms. The number of rotatable bonds is 4. The SMILES string of the molecule is CC(Oc1ccccc1Cl)C(=O)N1CCc2ccc(C(=O)O)cc2C1. The van der Waals surface area contributed by atoms with E-state index in [1.54, 1.807) is 48.2 Å². The number of carboxylic acid groups (broad SMARTS) is 1. The van der Waals surface area contributed by atoms with Crippen molar-refractivity contribution in [2.75, 3.05) is 6.54 Å². The second-order valence-corrected chi connectivity index (χ2v) is 6.40. The lowest BCUT2D eigenvalue weighted by Crippen LogP contribution is -2.43. The van der Waals surface area contributed by atoms with Crippen LogP contribution in [-0.4, -0.2) is 34.5 Å². The predicted molar refractivity (Wildman–Crippen MR) is 94.1 cm³/mol. The maximum Gasteiger partial charge on any atom is 0.335 e. The van der Waals surface area contributed by atoms with Crippen molar-refractivity contribution in [1.29, 1.82) is 0 Å². The van der Waals surface area contributed by atoms with Gasteiger partial charge in [0.05, 0.1) is 10.6 Å². The maximum absolute atomic E-state index is 12.7. The highest BCUT2D eigenvalue weighted by molar-refractivity contribution is 6.32. The van der Waals surface area contributed by atoms with Gasteiger partial charge in [-0.15, -0.1) is 0 Å². The van der Waals surface area contributed by atoms with Gasteiger partial charge in [-0.2, -0.15) is 0 Å². The third-order valence-corrected chi connectivity index (χ3v) is 4.58. The van der Waals surface area contributed by atoms with Gasteiger partial charge in [0.2, 0.25) is 0 Å². The van der Waals surface area contributed by atoms with Crippen LogP contribution in [0.3, 0.4) is 0 Å². The predicted octanol–water partition coefficient (Wildman–Crippen LogP) is 3.39. The van der Waals surface area contributed by atoms with Gasteiger partial charge in [-0.1, -0.05) is 29.8 Å². The standard InChI is InChI=1S/C19H18ClNO4/c1-12(25-17-5-3-2-4-16(17)20)18(22)21-9-8-13-6-7-14(19(23)24)10-15(13)11-21/h2-7,10,12H,8-9,11H2,1H3,(H,23,24). The molecule has 0 spiro atoms. The lowest BCUT2D eigenvalue weighted by Gasteiger charge is -2.31. The summed E-state index contributed by atoms with van der Waals surface area (Å²) in [6.45, 7) is 2.65. The van der Waals surface area contributed by atoms with Gasteiger partial charge in [0.1, 0.15) is 5.75 Å². The molecule has 2 aromatic carbocycles. The van der Waals surface area contributed by atoms with Crippen molar-refractivity contribution in [2.45, 2.75) is 26.0 Å². The molecule has 1 heterocycles. The molecule has 1 aliphatic heterocycles. The molecule has 1 N–H and O–H groups in total. The Hall–Kier alpha value is -2.53. The van der Waals surface area contributed by atoms with Gasteiger partial charge in [-0.3, -0.25) is 4.79 Å². The summed E-state index contributed by atoms with van der Waals surface area (Å²) in [4.78, 5) is 25.5. The number of hydrogen-bond donors (Lipinski definition) is 1. The molecule has 0 aromatic heterocycles. The molecule has 0 bridgehead atoms. The van der Waals surface area contributed by atoms with Gasteiger partial charge in [-0.05, 0) is 48.7 Å². The molecule has 1 aliphatic rings. The molecule has 5 nitrogen and oxygen atoms in total. The van der Waals surface area contributed by atoms with E-state index in [2.05, 4.69) is 0 Å². The lowest BCUT2D eigenvalue weighted by molar-refractivity contribution is -0.138. The molecule has 0 fully saturated rings. The minimum atomic E-state index is -0.971. The summed E-state index contributed by atoms with van der Waals surface area (Å²) in [7, 11) is 0. The Bertz CT molecular complexity index is 821. The number of aromatic carboxylic acids is 1. The van der Waals surface area contributed by atoms with Crippen LogP contribution >= 0.6 is 11.6 Å². The number of halogens is 1. The third-order valence-electron chi connectivity index (χ3n) is 4.27. The van der Waals surface area contributed by atoms with Crippen LogP contribution in [0.5, 0.6) is 5.75 Å². The monoisotopic (exact) mass is 359 g/mol. The highest BCUT2D eigenvalue weighted by atomic mass is 35.5. The van der Waals surface area contributed by atoms with Crippen LogP contribution in [0.2, 0.25) is 5.02 Å². The number of ether oxygens (including phenoxy) is 1. The average Bonchev–Trinajstić information content (AvgIpc) is 2.62. The maximum atomic E-state index is 12.7. The van der Waals surface area contributed by atoms with Crippen LogP contribution in [0.1, 0.15) is 28.4 Å². The first-order chi connectivity index (χ1) is 12.0. The zero-order chi connectivity index (χ0) is 18.0. The first-order valence-electron chi connectivity index (χ1n) is 8.01. The normalized spacial score (nSPS) is 14.6. The summed E-state index contributed by atoms with van der Waals surface area (Å²) in [5, 5.41) is 9.58. The molecular weight excluding hydrogens is 342 g/mol. The number of carbonyl (C=O) groups excluding carboxylic acids is 1. The molecule has 130 valence electrons. The highest BCUT2D eigenvalue weighted by Gasteiger charge is 2.26. The Balaban J connectivity index is 1.72. The topological polar surface area (TPSA) is 66.8 Å². The second-order valence-electron chi connectivity index (χ2n) is 5.99. The fraction of sp³-hybridized carbons (Fsp3) is 0.263. The number of benzene rings is 2. The van der Waals surface area contributed by atoms with E-state index < -0.39 is 12.1 Å². The first kappa shape index (κ1) is 17.3. The number of para-hydroxylation sites is 1. The Kier molecular flexibility index (Phi) is 4.95. The summed E-state index contributed by atoms with van der Waals surface area (Å²) < 4.78 is 5.69. The number of amides is 1. The zero-order valence-corrected chi connectivity index (χ0v) is 14.5. The van der Waals surface area contributed by atoms with Gasteiger partial charge in [-0.25, -0.2) is 4.79 Å². The second kappa shape index (κ2) is 7.15. The van der Waals surface area contributed by atoms with Gasteiger partial charge in [0, 0.05) is 13.1 Å². The van der Waals surface area contributed by atoms with Gasteiger partial charge >= 0.3 is 5.97 Å². The van der Waals surface area contributed by atoms with Crippen molar-refractivity contribution in [2.24, 2.45) is 0 Å². The highest BCUT2D eigenvalue weighted by Crippen LogP contribution is 2.26. The summed E-state index contributed by atoms with van der Waals surface area (Å²) in [5.41, 5.74) is 2.17. The van der Waals surface area contributed by atoms with E-state index in [0.717, 1.165) is 11.1 Å². The van der Waals surface area contributed by atoms with E-state index in [-0.39, 0.29) is 11.5 Å². The molecule has 2 aromatic rings. The largest absolute Gasteiger partial charge is 0.479 e. The summed E-state index contributed by atoms with van der Waals surface area (Å²) in [6, 6.07) is 12.1. The number of hydrogen-bond acceptors (Lipinski definition) is 3. The number of carboxylic acids is 1. The summed E-state index contributed by atoms with van der Waals surface area (Å²) in [6.07, 6.45) is 0.0175. The van der Waals surface area contributed by atoms with E-state index in [0.29, 0.717) is 30.3 Å². The van der Waals surface area contributed by atoms with Crippen molar-refractivity contribution in [1.82, 2.24) is 4.90 Å². The van der Waals surface area contributed by atoms with Gasteiger partial charge < -0.3 is 14.7 Å². The number of fused-ring (bicyclic) bond motifs is 1. The summed E-state index contributed by atoms with van der Waals surface area (Å²) >= 11 is 6.07. The molecule has 0 saturated heterocycles. The van der Waals surface area contributed by atoms with Crippen molar-refractivity contribution in [3.8, 4) is 5.75 Å². The van der Waals surface area contributed by atoms with E-state index in [1.165, 1.54) is 0 Å². The Morgan fingerprint density at radius 3 is 2.68 bits per heavy atom. The van der Waals surface area contributed by atoms with Crippen LogP contribution in [-0.2, 0) is 17.8 Å². The molecule has 1 unspecified atom stereocenters. The fourth-order valence-corrected chi connectivity index (χ4v) is 3.10. The van der Waals surface area contributed by atoms with E-state index >= 15 is 0 Å². The molecule has 0 saturated carbocycles. The Morgan fingerprint density at radius 2 is 1.96 bits per heavy atom. The van der Waals surface area contributed by atoms with E-state index in [9.17, 15) is 9.59 Å². The lowest BCUT2D eigenvalue weighted by atomic mass is 9.97. The number of carbonyl (C=O) groups is 2. The van der Waals surface area contributed by atoms with Gasteiger partial charge in [0.25, 0.3) is 5.91 Å². The molecule has 1 atom stereocenters. The first-order valence-corrected chi connectivity index (χ1v) is 8.38. The molecule has 6 heteroatoms. The Morgan fingerprint density at radius 1 is 1.20 bits per heavy atom. The molecule has 0 radical (unpaired) electrons. The van der Waals surface area contributed by atoms with Crippen molar-refractivity contribution >= 4 is 23.5 Å². The Labute approximate surface area is 150 Å². The number of nitrogens with zero attached hydrogens (tertiary/aromatic N) is 1. The average molecular weight is 360 g/mol. The minimum absolute atomic E-state index is 0.147. The van der Waals surface area contributed by atoms with Crippen LogP contribution in [0.25, 0.3) is 0 Å². The molecule has 0 aliphatic carbocycles. The van der Waals surface area contributed by atoms with Crippen molar-refractivity contribution in [3.63, 3.8) is 0 Å². The molecular formula is C19H18ClNO4. The van der Waals surface area contributed by atoms with Crippen molar-refractivity contribution < 1.29 is 19.4 Å². The third kappa shape index (κ3) is 3.77. The van der Waals surface area contributed by atoms with Crippen LogP contribution in [0, 0.1) is 0 Å². The van der Waals surface area contributed by atoms with E-state index in [4.69, 9.17) is 21.4 Å². The van der Waals surface area contributed by atoms with Crippen LogP contribution in [0.15, 0.2) is 42.5 Å². The van der Waals surface area contributed by atoms with Crippen LogP contribution < -0.4 is 4.74 Å².